The van der Waals surface area contributed by atoms with E-state index in [9.17, 15) is 9.18 Å². The van der Waals surface area contributed by atoms with Crippen LogP contribution in [0.4, 0.5) is 15.8 Å². The average molecular weight is 314 g/mol. The number of hydrogen-bond donors (Lipinski definition) is 1. The van der Waals surface area contributed by atoms with Crippen LogP contribution in [0, 0.1) is 5.82 Å². The molecule has 0 radical (unpaired) electrons. The first kappa shape index (κ1) is 15.3. The first-order chi connectivity index (χ1) is 11.1. The van der Waals surface area contributed by atoms with Crippen LogP contribution in [0.3, 0.4) is 0 Å². The molecule has 0 atom stereocenters. The Morgan fingerprint density at radius 1 is 1.22 bits per heavy atom. The Morgan fingerprint density at radius 2 is 2.04 bits per heavy atom. The number of carbonyl (C=O) groups is 1. The van der Waals surface area contributed by atoms with E-state index in [0.717, 1.165) is 30.9 Å². The van der Waals surface area contributed by atoms with Crippen LogP contribution >= 0.6 is 0 Å². The van der Waals surface area contributed by atoms with E-state index in [0.29, 0.717) is 5.69 Å². The van der Waals surface area contributed by atoms with E-state index in [2.05, 4.69) is 22.3 Å². The molecule has 0 saturated heterocycles. The summed E-state index contributed by atoms with van der Waals surface area (Å²) in [4.78, 5) is 13.5. The van der Waals surface area contributed by atoms with Gasteiger partial charge in [-0.1, -0.05) is 6.07 Å². The minimum absolute atomic E-state index is 0.209. The van der Waals surface area contributed by atoms with Crippen molar-refractivity contribution < 1.29 is 13.9 Å². The van der Waals surface area contributed by atoms with Gasteiger partial charge in [0, 0.05) is 20.0 Å². The zero-order valence-corrected chi connectivity index (χ0v) is 13.2. The fourth-order valence-corrected chi connectivity index (χ4v) is 2.94. The minimum Gasteiger partial charge on any atom is -0.497 e. The van der Waals surface area contributed by atoms with Crippen molar-refractivity contribution in [2.45, 2.75) is 19.9 Å². The van der Waals surface area contributed by atoms with E-state index >= 15 is 0 Å². The lowest BCUT2D eigenvalue weighted by atomic mass is 9.98. The number of ether oxygens (including phenoxy) is 1. The molecule has 1 aliphatic heterocycles. The van der Waals surface area contributed by atoms with E-state index in [-0.39, 0.29) is 11.7 Å². The second-order valence-corrected chi connectivity index (χ2v) is 5.65. The van der Waals surface area contributed by atoms with Gasteiger partial charge in [-0.05, 0) is 47.9 Å². The van der Waals surface area contributed by atoms with E-state index in [1.165, 1.54) is 30.2 Å². The lowest BCUT2D eigenvalue weighted by molar-refractivity contribution is -0.114. The number of nitrogens with one attached hydrogen (secondary N) is 1. The molecule has 5 heteroatoms. The SMILES string of the molecule is COc1ccc2c(c1)CCN(c1ccc(F)cc1NC(C)=O)C2. The lowest BCUT2D eigenvalue weighted by Crippen LogP contribution is -2.31. The van der Waals surface area contributed by atoms with Crippen molar-refractivity contribution in [2.75, 3.05) is 23.9 Å². The standard InChI is InChI=1S/C18H19FN2O2/c1-12(22)20-17-10-15(19)4-6-18(17)21-8-7-13-9-16(23-2)5-3-14(13)11-21/h3-6,9-10H,7-8,11H2,1-2H3,(H,20,22). The largest absolute Gasteiger partial charge is 0.497 e. The molecule has 120 valence electrons. The van der Waals surface area contributed by atoms with Crippen molar-refractivity contribution in [1.82, 2.24) is 0 Å². The summed E-state index contributed by atoms with van der Waals surface area (Å²) in [6.45, 7) is 2.95. The monoisotopic (exact) mass is 314 g/mol. The molecule has 3 rings (SSSR count). The number of hydrogen-bond acceptors (Lipinski definition) is 3. The third-order valence-corrected chi connectivity index (χ3v) is 4.04. The molecule has 1 heterocycles. The van der Waals surface area contributed by atoms with Gasteiger partial charge in [-0.2, -0.15) is 0 Å². The molecule has 4 nitrogen and oxygen atoms in total. The van der Waals surface area contributed by atoms with Crippen molar-refractivity contribution in [3.8, 4) is 5.75 Å². The normalized spacial score (nSPS) is 13.4. The molecule has 0 unspecified atom stereocenters. The van der Waals surface area contributed by atoms with Gasteiger partial charge in [0.05, 0.1) is 18.5 Å². The number of fused-ring (bicyclic) bond motifs is 1. The van der Waals surface area contributed by atoms with Crippen LogP contribution in [0.15, 0.2) is 36.4 Å². The van der Waals surface area contributed by atoms with Crippen LogP contribution in [-0.4, -0.2) is 19.6 Å². The average Bonchev–Trinajstić information content (AvgIpc) is 2.53. The molecule has 2 aromatic carbocycles. The summed E-state index contributed by atoms with van der Waals surface area (Å²) in [6, 6.07) is 10.6. The topological polar surface area (TPSA) is 41.6 Å². The third kappa shape index (κ3) is 3.28. The third-order valence-electron chi connectivity index (χ3n) is 4.04. The van der Waals surface area contributed by atoms with E-state index in [1.807, 2.05) is 6.07 Å². The number of halogens is 1. The highest BCUT2D eigenvalue weighted by molar-refractivity contribution is 5.92. The highest BCUT2D eigenvalue weighted by atomic mass is 19.1. The fraction of sp³-hybridized carbons (Fsp3) is 0.278. The van der Waals surface area contributed by atoms with Crippen LogP contribution in [0.2, 0.25) is 0 Å². The van der Waals surface area contributed by atoms with Gasteiger partial charge in [-0.15, -0.1) is 0 Å². The fourth-order valence-electron chi connectivity index (χ4n) is 2.94. The Bertz CT molecular complexity index is 746. The maximum absolute atomic E-state index is 13.5. The number of methoxy groups -OCH3 is 1. The van der Waals surface area contributed by atoms with Crippen molar-refractivity contribution >= 4 is 17.3 Å². The molecular weight excluding hydrogens is 295 g/mol. The van der Waals surface area contributed by atoms with Crippen LogP contribution in [0.25, 0.3) is 0 Å². The molecule has 0 fully saturated rings. The van der Waals surface area contributed by atoms with Crippen LogP contribution in [-0.2, 0) is 17.8 Å². The lowest BCUT2D eigenvalue weighted by Gasteiger charge is -2.32. The van der Waals surface area contributed by atoms with Crippen molar-refractivity contribution in [2.24, 2.45) is 0 Å². The smallest absolute Gasteiger partial charge is 0.221 e. The molecule has 0 saturated carbocycles. The van der Waals surface area contributed by atoms with Gasteiger partial charge in [-0.3, -0.25) is 4.79 Å². The maximum Gasteiger partial charge on any atom is 0.221 e. The van der Waals surface area contributed by atoms with E-state index in [1.54, 1.807) is 13.2 Å². The summed E-state index contributed by atoms with van der Waals surface area (Å²) in [5.41, 5.74) is 3.83. The second-order valence-electron chi connectivity index (χ2n) is 5.65. The molecule has 2 aromatic rings. The number of benzene rings is 2. The van der Waals surface area contributed by atoms with Gasteiger partial charge in [0.2, 0.25) is 5.91 Å². The predicted molar refractivity (Wildman–Crippen MR) is 88.5 cm³/mol. The van der Waals surface area contributed by atoms with Crippen molar-refractivity contribution in [3.63, 3.8) is 0 Å². The van der Waals surface area contributed by atoms with E-state index < -0.39 is 0 Å². The van der Waals surface area contributed by atoms with Gasteiger partial charge < -0.3 is 15.0 Å². The summed E-state index contributed by atoms with van der Waals surface area (Å²) in [5.74, 6) is 0.288. The number of rotatable bonds is 3. The summed E-state index contributed by atoms with van der Waals surface area (Å²) < 4.78 is 18.8. The van der Waals surface area contributed by atoms with Crippen LogP contribution < -0.4 is 15.0 Å². The van der Waals surface area contributed by atoms with Gasteiger partial charge in [0.1, 0.15) is 11.6 Å². The number of nitrogens with zero attached hydrogens (tertiary/aromatic N) is 1. The first-order valence-electron chi connectivity index (χ1n) is 7.54. The summed E-state index contributed by atoms with van der Waals surface area (Å²) in [5, 5.41) is 2.71. The highest BCUT2D eigenvalue weighted by Crippen LogP contribution is 2.32. The zero-order valence-electron chi connectivity index (χ0n) is 13.2. The maximum atomic E-state index is 13.5. The summed E-state index contributed by atoms with van der Waals surface area (Å²) in [6.07, 6.45) is 0.878. The van der Waals surface area contributed by atoms with Gasteiger partial charge >= 0.3 is 0 Å². The van der Waals surface area contributed by atoms with Gasteiger partial charge in [0.15, 0.2) is 0 Å². The Kier molecular flexibility index (Phi) is 4.19. The molecule has 0 aliphatic carbocycles. The Balaban J connectivity index is 1.90. The van der Waals surface area contributed by atoms with Crippen molar-refractivity contribution in [1.29, 1.82) is 0 Å². The molecule has 0 bridgehead atoms. The molecule has 0 aromatic heterocycles. The molecule has 1 N–H and O–H groups in total. The molecule has 1 amide bonds. The molecule has 0 spiro atoms. The molecule has 1 aliphatic rings. The zero-order chi connectivity index (χ0) is 16.4. The molecular formula is C18H19FN2O2. The Labute approximate surface area is 134 Å². The number of anilines is 2. The minimum atomic E-state index is -0.361. The van der Waals surface area contributed by atoms with Gasteiger partial charge in [0.25, 0.3) is 0 Å². The quantitative estimate of drug-likeness (QED) is 0.944. The van der Waals surface area contributed by atoms with Crippen LogP contribution in [0.5, 0.6) is 5.75 Å². The van der Waals surface area contributed by atoms with E-state index in [4.69, 9.17) is 4.74 Å². The van der Waals surface area contributed by atoms with Crippen LogP contribution in [0.1, 0.15) is 18.1 Å². The molecule has 23 heavy (non-hydrogen) atoms. The Hall–Kier alpha value is -2.56. The van der Waals surface area contributed by atoms with Gasteiger partial charge in [-0.25, -0.2) is 4.39 Å². The summed E-state index contributed by atoms with van der Waals surface area (Å²) >= 11 is 0. The number of carbonyl (C=O) groups excluding carboxylic acids is 1. The second kappa shape index (κ2) is 6.28. The highest BCUT2D eigenvalue weighted by Gasteiger charge is 2.20. The first-order valence-corrected chi connectivity index (χ1v) is 7.54. The predicted octanol–water partition coefficient (Wildman–Crippen LogP) is 3.36. The van der Waals surface area contributed by atoms with Crippen molar-refractivity contribution in [3.05, 3.63) is 53.3 Å². The Morgan fingerprint density at radius 3 is 2.78 bits per heavy atom. The summed E-state index contributed by atoms with van der Waals surface area (Å²) in [7, 11) is 1.66. The number of amides is 1.